The number of rotatable bonds is 7. The molecule has 0 aliphatic carbocycles. The third-order valence-corrected chi connectivity index (χ3v) is 3.20. The molecule has 22 heavy (non-hydrogen) atoms. The Morgan fingerprint density at radius 1 is 1.27 bits per heavy atom. The van der Waals surface area contributed by atoms with E-state index < -0.39 is 0 Å². The first-order chi connectivity index (χ1) is 10.6. The van der Waals surface area contributed by atoms with Crippen LogP contribution in [0.4, 0.5) is 0 Å². The molecule has 2 rings (SSSR count). The highest BCUT2D eigenvalue weighted by Crippen LogP contribution is 2.22. The van der Waals surface area contributed by atoms with Gasteiger partial charge >= 0.3 is 5.97 Å². The molecule has 0 aliphatic rings. The van der Waals surface area contributed by atoms with Crippen LogP contribution in [0.5, 0.6) is 0 Å². The van der Waals surface area contributed by atoms with E-state index in [1.807, 2.05) is 29.6 Å². The molecule has 1 aromatic carbocycles. The van der Waals surface area contributed by atoms with Gasteiger partial charge in [0.15, 0.2) is 5.76 Å². The van der Waals surface area contributed by atoms with Gasteiger partial charge < -0.3 is 19.6 Å². The molecule has 0 bridgehead atoms. The van der Waals surface area contributed by atoms with E-state index >= 15 is 0 Å². The summed E-state index contributed by atoms with van der Waals surface area (Å²) >= 11 is 0. The van der Waals surface area contributed by atoms with Crippen molar-refractivity contribution < 1.29 is 24.4 Å². The molecule has 0 unspecified atom stereocenters. The molecular weight excluding hydrogens is 282 g/mol. The number of hydrogen-bond acceptors (Lipinski definition) is 4. The van der Waals surface area contributed by atoms with Crippen LogP contribution in [0, 0.1) is 0 Å². The van der Waals surface area contributed by atoms with Gasteiger partial charge in [0.25, 0.3) is 0 Å². The summed E-state index contributed by atoms with van der Waals surface area (Å²) in [7, 11) is 0. The summed E-state index contributed by atoms with van der Waals surface area (Å²) in [5.41, 5.74) is 1.44. The minimum atomic E-state index is -0.329. The number of aliphatic hydroxyl groups is 1. The van der Waals surface area contributed by atoms with Crippen molar-refractivity contribution in [2.24, 2.45) is 0 Å². The molecule has 1 atom stereocenters. The summed E-state index contributed by atoms with van der Waals surface area (Å²) in [6, 6.07) is 11.0. The highest BCUT2D eigenvalue weighted by atomic mass is 16.5. The highest BCUT2D eigenvalue weighted by Gasteiger charge is 2.09. The van der Waals surface area contributed by atoms with Crippen LogP contribution in [0.3, 0.4) is 0 Å². The van der Waals surface area contributed by atoms with Crippen LogP contribution in [0.1, 0.15) is 30.0 Å². The summed E-state index contributed by atoms with van der Waals surface area (Å²) in [4.78, 5) is 11.6. The van der Waals surface area contributed by atoms with Gasteiger partial charge in [-0.2, -0.15) is 0 Å². The lowest BCUT2D eigenvalue weighted by molar-refractivity contribution is -0.677. The summed E-state index contributed by atoms with van der Waals surface area (Å²) in [5, 5.41) is 11.2. The molecule has 0 saturated heterocycles. The number of esters is 1. The zero-order valence-electron chi connectivity index (χ0n) is 12.9. The Morgan fingerprint density at radius 2 is 2.00 bits per heavy atom. The molecule has 1 aromatic heterocycles. The quantitative estimate of drug-likeness (QED) is 0.761. The maximum Gasteiger partial charge on any atom is 0.338 e. The molecule has 5 heteroatoms. The van der Waals surface area contributed by atoms with E-state index in [-0.39, 0.29) is 12.1 Å². The average Bonchev–Trinajstić information content (AvgIpc) is 2.96. The minimum absolute atomic E-state index is 0.318. The van der Waals surface area contributed by atoms with Gasteiger partial charge in [-0.3, -0.25) is 0 Å². The number of quaternary nitrogens is 1. The van der Waals surface area contributed by atoms with Gasteiger partial charge in [0.2, 0.25) is 0 Å². The number of carbonyl (C=O) groups is 1. The zero-order chi connectivity index (χ0) is 15.9. The fourth-order valence-corrected chi connectivity index (χ4v) is 2.09. The van der Waals surface area contributed by atoms with Gasteiger partial charge in [0.05, 0.1) is 18.3 Å². The largest absolute Gasteiger partial charge is 0.462 e. The number of ether oxygens (including phenoxy) is 1. The molecule has 0 fully saturated rings. The lowest BCUT2D eigenvalue weighted by Gasteiger charge is -2.03. The second kappa shape index (κ2) is 7.77. The van der Waals surface area contributed by atoms with Crippen LogP contribution in [-0.4, -0.2) is 30.3 Å². The van der Waals surface area contributed by atoms with Crippen LogP contribution < -0.4 is 5.32 Å². The Morgan fingerprint density at radius 3 is 2.64 bits per heavy atom. The van der Waals surface area contributed by atoms with E-state index in [0.29, 0.717) is 25.3 Å². The number of nitrogens with two attached hydrogens (primary N) is 1. The van der Waals surface area contributed by atoms with Crippen molar-refractivity contribution in [1.29, 1.82) is 0 Å². The maximum atomic E-state index is 11.6. The Bertz CT molecular complexity index is 601. The van der Waals surface area contributed by atoms with Crippen molar-refractivity contribution in [2.75, 3.05) is 13.2 Å². The predicted molar refractivity (Wildman–Crippen MR) is 82.3 cm³/mol. The molecule has 0 amide bonds. The lowest BCUT2D eigenvalue weighted by Crippen LogP contribution is -2.84. The van der Waals surface area contributed by atoms with Gasteiger partial charge in [0, 0.05) is 5.56 Å². The van der Waals surface area contributed by atoms with Crippen LogP contribution in [0.15, 0.2) is 40.8 Å². The molecule has 0 aliphatic heterocycles. The third kappa shape index (κ3) is 4.44. The average molecular weight is 304 g/mol. The second-order valence-corrected chi connectivity index (χ2v) is 5.14. The van der Waals surface area contributed by atoms with Crippen molar-refractivity contribution in [3.8, 4) is 11.3 Å². The molecule has 118 valence electrons. The molecule has 5 nitrogen and oxygen atoms in total. The first kappa shape index (κ1) is 16.3. The van der Waals surface area contributed by atoms with Gasteiger partial charge in [-0.1, -0.05) is 12.1 Å². The lowest BCUT2D eigenvalue weighted by atomic mass is 10.1. The van der Waals surface area contributed by atoms with E-state index in [2.05, 4.69) is 0 Å². The molecule has 1 heterocycles. The maximum absolute atomic E-state index is 11.6. The summed E-state index contributed by atoms with van der Waals surface area (Å²) in [6.45, 7) is 5.24. The standard InChI is InChI=1S/C17H21NO4/c1-3-21-17(20)14-6-4-13(5-7-14)16-9-8-15(22-16)11-18-10-12(2)19/h4-9,12,18-19H,3,10-11H2,1-2H3/p+1/t12-/m0/s1. The van der Waals surface area contributed by atoms with Crippen LogP contribution >= 0.6 is 0 Å². The fraction of sp³-hybridized carbons (Fsp3) is 0.353. The monoisotopic (exact) mass is 304 g/mol. The Balaban J connectivity index is 2.00. The third-order valence-electron chi connectivity index (χ3n) is 3.20. The highest BCUT2D eigenvalue weighted by molar-refractivity contribution is 5.89. The van der Waals surface area contributed by atoms with E-state index in [9.17, 15) is 9.90 Å². The molecular formula is C17H22NO4+. The van der Waals surface area contributed by atoms with Crippen LogP contribution in [0.25, 0.3) is 11.3 Å². The van der Waals surface area contributed by atoms with Gasteiger partial charge in [-0.15, -0.1) is 0 Å². The SMILES string of the molecule is CCOC(=O)c1ccc(-c2ccc(C[NH2+]C[C@H](C)O)o2)cc1. The number of hydrogen-bond donors (Lipinski definition) is 2. The van der Waals surface area contributed by atoms with Crippen LogP contribution in [0.2, 0.25) is 0 Å². The first-order valence-corrected chi connectivity index (χ1v) is 7.46. The molecule has 0 saturated carbocycles. The molecule has 3 N–H and O–H groups in total. The Hall–Kier alpha value is -2.11. The minimum Gasteiger partial charge on any atom is -0.462 e. The van der Waals surface area contributed by atoms with Crippen molar-refractivity contribution in [3.63, 3.8) is 0 Å². The van der Waals surface area contributed by atoms with Crippen molar-refractivity contribution in [3.05, 3.63) is 47.7 Å². The summed E-state index contributed by atoms with van der Waals surface area (Å²) in [5.74, 6) is 1.29. The number of carbonyl (C=O) groups excluding carboxylic acids is 1. The molecule has 2 aromatic rings. The number of furan rings is 1. The van der Waals surface area contributed by atoms with Crippen molar-refractivity contribution >= 4 is 5.97 Å². The smallest absolute Gasteiger partial charge is 0.338 e. The van der Waals surface area contributed by atoms with E-state index in [1.165, 1.54) is 0 Å². The van der Waals surface area contributed by atoms with Gasteiger partial charge in [0.1, 0.15) is 18.8 Å². The Kier molecular flexibility index (Phi) is 5.75. The number of benzene rings is 1. The molecule has 0 spiro atoms. The van der Waals surface area contributed by atoms with Crippen molar-refractivity contribution in [1.82, 2.24) is 0 Å². The Labute approximate surface area is 129 Å². The topological polar surface area (TPSA) is 76.3 Å². The summed E-state index contributed by atoms with van der Waals surface area (Å²) in [6.07, 6.45) is -0.329. The zero-order valence-corrected chi connectivity index (χ0v) is 12.9. The van der Waals surface area contributed by atoms with E-state index in [0.717, 1.165) is 17.1 Å². The van der Waals surface area contributed by atoms with E-state index in [1.54, 1.807) is 26.0 Å². The summed E-state index contributed by atoms with van der Waals surface area (Å²) < 4.78 is 10.7. The number of aliphatic hydroxyl groups excluding tert-OH is 1. The first-order valence-electron chi connectivity index (χ1n) is 7.46. The fourth-order valence-electron chi connectivity index (χ4n) is 2.09. The van der Waals surface area contributed by atoms with Gasteiger partial charge in [-0.25, -0.2) is 4.79 Å². The van der Waals surface area contributed by atoms with Crippen molar-refractivity contribution in [2.45, 2.75) is 26.5 Å². The second-order valence-electron chi connectivity index (χ2n) is 5.14. The predicted octanol–water partition coefficient (Wildman–Crippen LogP) is 1.57. The van der Waals surface area contributed by atoms with E-state index in [4.69, 9.17) is 9.15 Å². The normalized spacial score (nSPS) is 12.1. The van der Waals surface area contributed by atoms with Crippen LogP contribution in [-0.2, 0) is 11.3 Å². The van der Waals surface area contributed by atoms with Gasteiger partial charge in [-0.05, 0) is 38.1 Å². The molecule has 0 radical (unpaired) electrons.